The number of likely N-dealkylation sites (N-methyl/N-ethyl adjacent to an activating group) is 1. The molecular formula is C22H27ClFN3O. The SMILES string of the molecule is CN(CC(=O)NCC(c1ccccc1Cl)N1CCCC1)Cc1ccccc1F. The largest absolute Gasteiger partial charge is 0.353 e. The zero-order chi connectivity index (χ0) is 19.9. The number of amides is 1. The van der Waals surface area contributed by atoms with Crippen LogP contribution >= 0.6 is 11.6 Å². The summed E-state index contributed by atoms with van der Waals surface area (Å²) in [5.74, 6) is -0.322. The lowest BCUT2D eigenvalue weighted by Crippen LogP contribution is -2.40. The second-order valence-electron chi connectivity index (χ2n) is 7.35. The maximum absolute atomic E-state index is 13.8. The second kappa shape index (κ2) is 10.0. The van der Waals surface area contributed by atoms with Crippen molar-refractivity contribution in [1.82, 2.24) is 15.1 Å². The molecule has 4 nitrogen and oxygen atoms in total. The highest BCUT2D eigenvalue weighted by Crippen LogP contribution is 2.29. The molecule has 2 aromatic rings. The number of carbonyl (C=O) groups is 1. The fourth-order valence-electron chi connectivity index (χ4n) is 3.72. The lowest BCUT2D eigenvalue weighted by Gasteiger charge is -2.29. The van der Waals surface area contributed by atoms with E-state index in [9.17, 15) is 9.18 Å². The molecule has 1 aliphatic rings. The average molecular weight is 404 g/mol. The van der Waals surface area contributed by atoms with Crippen LogP contribution in [0.2, 0.25) is 5.02 Å². The summed E-state index contributed by atoms with van der Waals surface area (Å²) in [6.45, 7) is 3.14. The number of hydrogen-bond acceptors (Lipinski definition) is 3. The van der Waals surface area contributed by atoms with E-state index in [0.717, 1.165) is 23.7 Å². The van der Waals surface area contributed by atoms with Crippen molar-refractivity contribution >= 4 is 17.5 Å². The molecule has 0 aliphatic carbocycles. The van der Waals surface area contributed by atoms with Gasteiger partial charge < -0.3 is 5.32 Å². The van der Waals surface area contributed by atoms with Crippen LogP contribution in [0.4, 0.5) is 4.39 Å². The summed E-state index contributed by atoms with van der Waals surface area (Å²) < 4.78 is 13.8. The number of carbonyl (C=O) groups excluding carboxylic acids is 1. The molecule has 0 aromatic heterocycles. The van der Waals surface area contributed by atoms with E-state index in [2.05, 4.69) is 10.2 Å². The zero-order valence-electron chi connectivity index (χ0n) is 16.2. The normalized spacial score (nSPS) is 15.7. The van der Waals surface area contributed by atoms with Crippen LogP contribution in [0.25, 0.3) is 0 Å². The van der Waals surface area contributed by atoms with Gasteiger partial charge >= 0.3 is 0 Å². The molecular weight excluding hydrogens is 377 g/mol. The molecule has 0 saturated carbocycles. The Hall–Kier alpha value is -1.95. The van der Waals surface area contributed by atoms with E-state index in [1.807, 2.05) is 36.2 Å². The van der Waals surface area contributed by atoms with Crippen molar-refractivity contribution in [2.75, 3.05) is 33.2 Å². The molecule has 1 amide bonds. The van der Waals surface area contributed by atoms with E-state index in [4.69, 9.17) is 11.6 Å². The van der Waals surface area contributed by atoms with Crippen LogP contribution in [0.5, 0.6) is 0 Å². The fraction of sp³-hybridized carbons (Fsp3) is 0.409. The first kappa shape index (κ1) is 20.8. The number of rotatable bonds is 8. The average Bonchev–Trinajstić information content (AvgIpc) is 3.19. The van der Waals surface area contributed by atoms with E-state index < -0.39 is 0 Å². The summed E-state index contributed by atoms with van der Waals surface area (Å²) in [7, 11) is 1.82. The third kappa shape index (κ3) is 5.53. The van der Waals surface area contributed by atoms with Crippen molar-refractivity contribution in [3.05, 3.63) is 70.5 Å². The van der Waals surface area contributed by atoms with Crippen molar-refractivity contribution < 1.29 is 9.18 Å². The Bertz CT molecular complexity index is 795. The van der Waals surface area contributed by atoms with Crippen molar-refractivity contribution in [3.8, 4) is 0 Å². The number of nitrogens with zero attached hydrogens (tertiary/aromatic N) is 2. The second-order valence-corrected chi connectivity index (χ2v) is 7.76. The minimum absolute atomic E-state index is 0.0667. The Labute approximate surface area is 171 Å². The summed E-state index contributed by atoms with van der Waals surface area (Å²) in [6, 6.07) is 14.5. The van der Waals surface area contributed by atoms with Crippen LogP contribution in [0, 0.1) is 5.82 Å². The molecule has 150 valence electrons. The van der Waals surface area contributed by atoms with Gasteiger partial charge in [-0.1, -0.05) is 48.0 Å². The van der Waals surface area contributed by atoms with E-state index >= 15 is 0 Å². The Kier molecular flexibility index (Phi) is 7.43. The molecule has 0 spiro atoms. The Morgan fingerprint density at radius 2 is 1.86 bits per heavy atom. The topological polar surface area (TPSA) is 35.6 Å². The van der Waals surface area contributed by atoms with Crippen LogP contribution < -0.4 is 5.32 Å². The van der Waals surface area contributed by atoms with E-state index in [1.165, 1.54) is 18.9 Å². The van der Waals surface area contributed by atoms with Crippen LogP contribution in [0.3, 0.4) is 0 Å². The van der Waals surface area contributed by atoms with Crippen LogP contribution in [-0.4, -0.2) is 48.9 Å². The molecule has 0 radical (unpaired) electrons. The maximum Gasteiger partial charge on any atom is 0.234 e. The lowest BCUT2D eigenvalue weighted by atomic mass is 10.1. The predicted octanol–water partition coefficient (Wildman–Crippen LogP) is 3.86. The standard InChI is InChI=1S/C22H27ClFN3O/c1-26(15-17-8-2-5-11-20(17)24)16-22(28)25-14-21(27-12-6-7-13-27)18-9-3-4-10-19(18)23/h2-5,8-11,21H,6-7,12-16H2,1H3,(H,25,28). The van der Waals surface area contributed by atoms with Crippen molar-refractivity contribution in [3.63, 3.8) is 0 Å². The van der Waals surface area contributed by atoms with Crippen LogP contribution in [-0.2, 0) is 11.3 Å². The molecule has 1 saturated heterocycles. The van der Waals surface area contributed by atoms with Crippen molar-refractivity contribution in [2.24, 2.45) is 0 Å². The van der Waals surface area contributed by atoms with Crippen molar-refractivity contribution in [2.45, 2.75) is 25.4 Å². The minimum atomic E-state index is -0.248. The molecule has 0 bridgehead atoms. The van der Waals surface area contributed by atoms with Gasteiger partial charge in [0.1, 0.15) is 5.82 Å². The molecule has 1 unspecified atom stereocenters. The van der Waals surface area contributed by atoms with Crippen molar-refractivity contribution in [1.29, 1.82) is 0 Å². The molecule has 3 rings (SSSR count). The van der Waals surface area contributed by atoms with E-state index in [1.54, 1.807) is 18.2 Å². The fourth-order valence-corrected chi connectivity index (χ4v) is 3.98. The quantitative estimate of drug-likeness (QED) is 0.726. The Morgan fingerprint density at radius 1 is 1.18 bits per heavy atom. The van der Waals surface area contributed by atoms with Gasteiger partial charge in [-0.3, -0.25) is 14.6 Å². The maximum atomic E-state index is 13.8. The lowest BCUT2D eigenvalue weighted by molar-refractivity contribution is -0.122. The van der Waals surface area contributed by atoms with Gasteiger partial charge in [0.25, 0.3) is 0 Å². The molecule has 1 aliphatic heterocycles. The highest BCUT2D eigenvalue weighted by molar-refractivity contribution is 6.31. The molecule has 1 fully saturated rings. The summed E-state index contributed by atoms with van der Waals surface area (Å²) in [5.41, 5.74) is 1.63. The van der Waals surface area contributed by atoms with Gasteiger partial charge in [0.05, 0.1) is 12.6 Å². The molecule has 1 atom stereocenters. The Morgan fingerprint density at radius 3 is 2.57 bits per heavy atom. The third-order valence-corrected chi connectivity index (χ3v) is 5.49. The van der Waals surface area contributed by atoms with Gasteiger partial charge in [0, 0.05) is 23.7 Å². The zero-order valence-corrected chi connectivity index (χ0v) is 17.0. The van der Waals surface area contributed by atoms with Gasteiger partial charge in [0.15, 0.2) is 0 Å². The first-order valence-corrected chi connectivity index (χ1v) is 10.1. The number of nitrogens with one attached hydrogen (secondary N) is 1. The molecule has 28 heavy (non-hydrogen) atoms. The summed E-state index contributed by atoms with van der Waals surface area (Å²) in [6.07, 6.45) is 2.33. The van der Waals surface area contributed by atoms with Gasteiger partial charge in [-0.25, -0.2) is 4.39 Å². The first-order valence-electron chi connectivity index (χ1n) is 9.71. The molecule has 6 heteroatoms. The predicted molar refractivity (Wildman–Crippen MR) is 111 cm³/mol. The highest BCUT2D eigenvalue weighted by Gasteiger charge is 2.25. The van der Waals surface area contributed by atoms with Gasteiger partial charge in [0.2, 0.25) is 5.91 Å². The van der Waals surface area contributed by atoms with Gasteiger partial charge in [-0.2, -0.15) is 0 Å². The van der Waals surface area contributed by atoms with Gasteiger partial charge in [-0.15, -0.1) is 0 Å². The number of benzene rings is 2. The number of likely N-dealkylation sites (tertiary alicyclic amines) is 1. The summed E-state index contributed by atoms with van der Waals surface area (Å²) in [5, 5.41) is 3.77. The van der Waals surface area contributed by atoms with Crippen LogP contribution in [0.1, 0.15) is 30.0 Å². The summed E-state index contributed by atoms with van der Waals surface area (Å²) in [4.78, 5) is 16.7. The highest BCUT2D eigenvalue weighted by atomic mass is 35.5. The minimum Gasteiger partial charge on any atom is -0.353 e. The molecule has 2 aromatic carbocycles. The number of halogens is 2. The summed E-state index contributed by atoms with van der Waals surface area (Å²) >= 11 is 6.42. The van der Waals surface area contributed by atoms with E-state index in [-0.39, 0.29) is 24.3 Å². The molecule has 1 N–H and O–H groups in total. The monoisotopic (exact) mass is 403 g/mol. The van der Waals surface area contributed by atoms with E-state index in [0.29, 0.717) is 18.7 Å². The number of hydrogen-bond donors (Lipinski definition) is 1. The smallest absolute Gasteiger partial charge is 0.234 e. The first-order chi connectivity index (χ1) is 13.5. The van der Waals surface area contributed by atoms with Crippen LogP contribution in [0.15, 0.2) is 48.5 Å². The molecule has 1 heterocycles. The Balaban J connectivity index is 1.57. The van der Waals surface area contributed by atoms with Gasteiger partial charge in [-0.05, 0) is 50.7 Å². The third-order valence-electron chi connectivity index (χ3n) is 5.15.